The second-order valence-corrected chi connectivity index (χ2v) is 8.45. The fourth-order valence-electron chi connectivity index (χ4n) is 3.24. The highest BCUT2D eigenvalue weighted by molar-refractivity contribution is 5.94. The van der Waals surface area contributed by atoms with Crippen LogP contribution >= 0.6 is 0 Å². The Morgan fingerprint density at radius 3 is 1.80 bits per heavy atom. The zero-order valence-corrected chi connectivity index (χ0v) is 22.3. The summed E-state index contributed by atoms with van der Waals surface area (Å²) in [6, 6.07) is 19.8. The summed E-state index contributed by atoms with van der Waals surface area (Å²) in [5, 5.41) is 8.83. The lowest BCUT2D eigenvalue weighted by atomic mass is 10.0. The molecule has 0 saturated heterocycles. The summed E-state index contributed by atoms with van der Waals surface area (Å²) in [6.45, 7) is 6.52. The molecule has 0 aliphatic heterocycles. The molecule has 0 radical (unpaired) electrons. The van der Waals surface area contributed by atoms with E-state index in [1.54, 1.807) is 72.8 Å². The number of aliphatic hydroxyl groups excluding tert-OH is 1. The molecule has 0 aromatic heterocycles. The number of carbonyl (C=O) groups is 4. The maximum Gasteiger partial charge on any atom is 0.343 e. The van der Waals surface area contributed by atoms with E-state index in [-0.39, 0.29) is 36.5 Å². The van der Waals surface area contributed by atoms with E-state index in [1.165, 1.54) is 7.11 Å². The molecule has 0 unspecified atom stereocenters. The van der Waals surface area contributed by atoms with Crippen LogP contribution in [0, 0.1) is 0 Å². The van der Waals surface area contributed by atoms with E-state index in [2.05, 4.69) is 17.9 Å². The van der Waals surface area contributed by atoms with Gasteiger partial charge >= 0.3 is 23.9 Å². The Morgan fingerprint density at radius 1 is 0.683 bits per heavy atom. The molecule has 212 valence electrons. The molecule has 0 aliphatic rings. The van der Waals surface area contributed by atoms with Gasteiger partial charge in [0.1, 0.15) is 30.5 Å². The molecule has 0 bridgehead atoms. The van der Waals surface area contributed by atoms with Crippen LogP contribution in [0.4, 0.5) is 0 Å². The van der Waals surface area contributed by atoms with Crippen molar-refractivity contribution in [3.8, 4) is 28.4 Å². The predicted octanol–water partition coefficient (Wildman–Crippen LogP) is 4.07. The molecule has 0 aliphatic carbocycles. The highest BCUT2D eigenvalue weighted by Gasteiger charge is 2.15. The zero-order valence-electron chi connectivity index (χ0n) is 22.3. The number of rotatable bonds is 13. The molecule has 3 aromatic carbocycles. The highest BCUT2D eigenvalue weighted by Crippen LogP contribution is 2.24. The lowest BCUT2D eigenvalue weighted by Crippen LogP contribution is -2.15. The van der Waals surface area contributed by atoms with Gasteiger partial charge in [-0.1, -0.05) is 37.4 Å². The van der Waals surface area contributed by atoms with Crippen molar-refractivity contribution in [2.45, 2.75) is 6.42 Å². The molecule has 0 heterocycles. The third-order valence-corrected chi connectivity index (χ3v) is 5.49. The minimum atomic E-state index is -0.724. The molecular weight excluding hydrogens is 532 g/mol. The van der Waals surface area contributed by atoms with E-state index in [1.807, 2.05) is 0 Å². The van der Waals surface area contributed by atoms with Crippen molar-refractivity contribution in [1.29, 1.82) is 0 Å². The first kappa shape index (κ1) is 30.3. The van der Waals surface area contributed by atoms with Crippen LogP contribution in [0.1, 0.15) is 16.8 Å². The molecule has 1 N–H and O–H groups in total. The number of benzene rings is 3. The Hall–Kier alpha value is -5.22. The van der Waals surface area contributed by atoms with Gasteiger partial charge in [-0.3, -0.25) is 4.79 Å². The minimum Gasteiger partial charge on any atom is -0.490 e. The third kappa shape index (κ3) is 9.19. The molecule has 10 nitrogen and oxygen atoms in total. The van der Waals surface area contributed by atoms with Crippen molar-refractivity contribution < 1.29 is 48.0 Å². The molecule has 3 aromatic rings. The van der Waals surface area contributed by atoms with Gasteiger partial charge in [-0.05, 0) is 59.7 Å². The second-order valence-electron chi connectivity index (χ2n) is 8.45. The smallest absolute Gasteiger partial charge is 0.343 e. The third-order valence-electron chi connectivity index (χ3n) is 5.49. The molecule has 0 saturated carbocycles. The van der Waals surface area contributed by atoms with Crippen molar-refractivity contribution in [3.05, 3.63) is 103 Å². The van der Waals surface area contributed by atoms with Gasteiger partial charge in [-0.15, -0.1) is 0 Å². The summed E-state index contributed by atoms with van der Waals surface area (Å²) in [5.74, 6) is -1.46. The Balaban J connectivity index is 1.49. The Labute approximate surface area is 236 Å². The van der Waals surface area contributed by atoms with E-state index < -0.39 is 30.5 Å². The SMILES string of the molecule is C=C(CO)C(=O)OCCOc1ccc(OC(=O)c2ccc(-c3ccc(OC(=O)C(=C)CC(=O)OC)cc3)cc2)cc1. The fraction of sp³-hybridized carbons (Fsp3) is 0.161. The standard InChI is InChI=1S/C31H28O10/c1-20(18-28(33)37-3)30(35)40-26-10-8-23(9-11-26)22-4-6-24(7-5-22)31(36)41-27-14-12-25(13-15-27)38-16-17-39-29(34)21(2)19-32/h4-15,32H,1-2,16-19H2,3H3. The Bertz CT molecular complexity index is 1400. The average Bonchev–Trinajstić information content (AvgIpc) is 2.99. The first-order valence-electron chi connectivity index (χ1n) is 12.3. The predicted molar refractivity (Wildman–Crippen MR) is 147 cm³/mol. The van der Waals surface area contributed by atoms with Crippen LogP contribution in [0.3, 0.4) is 0 Å². The number of methoxy groups -OCH3 is 1. The van der Waals surface area contributed by atoms with Crippen LogP contribution in [-0.2, 0) is 23.9 Å². The van der Waals surface area contributed by atoms with Gasteiger partial charge in [0.25, 0.3) is 0 Å². The number of carbonyl (C=O) groups excluding carboxylic acids is 4. The number of hydrogen-bond donors (Lipinski definition) is 1. The van der Waals surface area contributed by atoms with Gasteiger partial charge in [-0.25, -0.2) is 14.4 Å². The molecule has 41 heavy (non-hydrogen) atoms. The van der Waals surface area contributed by atoms with Gasteiger partial charge in [-0.2, -0.15) is 0 Å². The van der Waals surface area contributed by atoms with Gasteiger partial charge in [0, 0.05) is 5.57 Å². The summed E-state index contributed by atoms with van der Waals surface area (Å²) in [7, 11) is 1.22. The summed E-state index contributed by atoms with van der Waals surface area (Å²) in [5.41, 5.74) is 1.93. The van der Waals surface area contributed by atoms with E-state index in [9.17, 15) is 19.2 Å². The van der Waals surface area contributed by atoms with Gasteiger partial charge in [0.15, 0.2) is 0 Å². The molecule has 10 heteroatoms. The van der Waals surface area contributed by atoms with Crippen LogP contribution in [0.15, 0.2) is 97.1 Å². The normalized spacial score (nSPS) is 10.2. The number of ether oxygens (including phenoxy) is 5. The lowest BCUT2D eigenvalue weighted by Gasteiger charge is -2.09. The first-order chi connectivity index (χ1) is 19.7. The van der Waals surface area contributed by atoms with Crippen LogP contribution in [0.2, 0.25) is 0 Å². The minimum absolute atomic E-state index is 0.0170. The van der Waals surface area contributed by atoms with Crippen molar-refractivity contribution in [2.75, 3.05) is 26.9 Å². The van der Waals surface area contributed by atoms with E-state index >= 15 is 0 Å². The highest BCUT2D eigenvalue weighted by atomic mass is 16.6. The van der Waals surface area contributed by atoms with Crippen molar-refractivity contribution in [3.63, 3.8) is 0 Å². The van der Waals surface area contributed by atoms with E-state index in [0.717, 1.165) is 11.1 Å². The molecule has 0 amide bonds. The maximum absolute atomic E-state index is 12.6. The monoisotopic (exact) mass is 560 g/mol. The maximum atomic E-state index is 12.6. The van der Waals surface area contributed by atoms with Crippen LogP contribution in [0.25, 0.3) is 11.1 Å². The number of esters is 4. The van der Waals surface area contributed by atoms with E-state index in [4.69, 9.17) is 24.1 Å². The summed E-state index contributed by atoms with van der Waals surface area (Å²) >= 11 is 0. The van der Waals surface area contributed by atoms with Crippen molar-refractivity contribution in [2.24, 2.45) is 0 Å². The Kier molecular flexibility index (Phi) is 10.9. The fourth-order valence-corrected chi connectivity index (χ4v) is 3.24. The number of aliphatic hydroxyl groups is 1. The van der Waals surface area contributed by atoms with Crippen molar-refractivity contribution >= 4 is 23.9 Å². The van der Waals surface area contributed by atoms with Crippen LogP contribution in [0.5, 0.6) is 17.2 Å². The Morgan fingerprint density at radius 2 is 1.22 bits per heavy atom. The van der Waals surface area contributed by atoms with Crippen LogP contribution in [-0.4, -0.2) is 55.9 Å². The van der Waals surface area contributed by atoms with Gasteiger partial charge < -0.3 is 28.8 Å². The topological polar surface area (TPSA) is 135 Å². The first-order valence-corrected chi connectivity index (χ1v) is 12.3. The van der Waals surface area contributed by atoms with Crippen LogP contribution < -0.4 is 14.2 Å². The largest absolute Gasteiger partial charge is 0.490 e. The zero-order chi connectivity index (χ0) is 29.8. The lowest BCUT2D eigenvalue weighted by molar-refractivity contribution is -0.141. The van der Waals surface area contributed by atoms with E-state index in [0.29, 0.717) is 17.1 Å². The molecule has 0 fully saturated rings. The quantitative estimate of drug-likeness (QED) is 0.141. The molecule has 0 atom stereocenters. The number of hydrogen-bond acceptors (Lipinski definition) is 10. The molecule has 3 rings (SSSR count). The van der Waals surface area contributed by atoms with Crippen molar-refractivity contribution in [1.82, 2.24) is 0 Å². The van der Waals surface area contributed by atoms with Gasteiger partial charge in [0.05, 0.1) is 31.3 Å². The molecular formula is C31H28O10. The summed E-state index contributed by atoms with van der Waals surface area (Å²) in [4.78, 5) is 47.4. The second kappa shape index (κ2) is 14.8. The summed E-state index contributed by atoms with van der Waals surface area (Å²) in [6.07, 6.45) is -0.258. The molecule has 0 spiro atoms. The summed E-state index contributed by atoms with van der Waals surface area (Å²) < 4.78 is 25.5. The van der Waals surface area contributed by atoms with Gasteiger partial charge in [0.2, 0.25) is 0 Å². The average molecular weight is 561 g/mol.